The molecule has 2 rings (SSSR count). The summed E-state index contributed by atoms with van der Waals surface area (Å²) in [5.41, 5.74) is 0.204. The fraction of sp³-hybridized carbons (Fsp3) is 1.00. The van der Waals surface area contributed by atoms with Gasteiger partial charge >= 0.3 is 0 Å². The van der Waals surface area contributed by atoms with Crippen LogP contribution in [-0.2, 0) is 9.47 Å². The minimum atomic E-state index is 0.204. The van der Waals surface area contributed by atoms with Crippen LogP contribution in [-0.4, -0.2) is 25.4 Å². The highest BCUT2D eigenvalue weighted by molar-refractivity contribution is 4.87. The molecule has 0 radical (unpaired) electrons. The highest BCUT2D eigenvalue weighted by Crippen LogP contribution is 2.36. The summed E-state index contributed by atoms with van der Waals surface area (Å²) in [6.45, 7) is 9.08. The predicted octanol–water partition coefficient (Wildman–Crippen LogP) is 3.01. The average molecular weight is 200 g/mol. The fourth-order valence-corrected chi connectivity index (χ4v) is 2.36. The second-order valence-corrected chi connectivity index (χ2v) is 4.24. The third-order valence-corrected chi connectivity index (χ3v) is 3.14. The summed E-state index contributed by atoms with van der Waals surface area (Å²) in [5, 5.41) is 0. The van der Waals surface area contributed by atoms with Crippen molar-refractivity contribution in [2.45, 2.75) is 52.1 Å². The zero-order chi connectivity index (χ0) is 10.4. The van der Waals surface area contributed by atoms with E-state index in [-0.39, 0.29) is 5.60 Å². The van der Waals surface area contributed by atoms with E-state index in [2.05, 4.69) is 6.92 Å². The topological polar surface area (TPSA) is 18.5 Å². The maximum atomic E-state index is 5.90. The van der Waals surface area contributed by atoms with Gasteiger partial charge in [-0.2, -0.15) is 0 Å². The molecule has 0 amide bonds. The summed E-state index contributed by atoms with van der Waals surface area (Å²) in [6, 6.07) is 0. The monoisotopic (exact) mass is 200 g/mol. The molecule has 14 heavy (non-hydrogen) atoms. The Balaban J connectivity index is 0.000000461. The van der Waals surface area contributed by atoms with Crippen LogP contribution in [0.4, 0.5) is 0 Å². The van der Waals surface area contributed by atoms with Crippen LogP contribution in [0, 0.1) is 5.92 Å². The Kier molecular flexibility index (Phi) is 4.90. The van der Waals surface area contributed by atoms with E-state index in [1.165, 1.54) is 12.8 Å². The van der Waals surface area contributed by atoms with Gasteiger partial charge in [0, 0.05) is 19.8 Å². The molecule has 2 saturated heterocycles. The highest BCUT2D eigenvalue weighted by Gasteiger charge is 2.37. The van der Waals surface area contributed by atoms with Gasteiger partial charge in [-0.25, -0.2) is 0 Å². The van der Waals surface area contributed by atoms with E-state index in [1.807, 2.05) is 13.8 Å². The van der Waals surface area contributed by atoms with Crippen LogP contribution in [0.15, 0.2) is 0 Å². The first-order chi connectivity index (χ1) is 6.81. The first-order valence-electron chi connectivity index (χ1n) is 6.02. The van der Waals surface area contributed by atoms with Crippen LogP contribution < -0.4 is 0 Å². The predicted molar refractivity (Wildman–Crippen MR) is 58.5 cm³/mol. The summed E-state index contributed by atoms with van der Waals surface area (Å²) in [7, 11) is 0. The van der Waals surface area contributed by atoms with Crippen LogP contribution >= 0.6 is 0 Å². The van der Waals surface area contributed by atoms with E-state index in [0.717, 1.165) is 38.6 Å². The van der Waals surface area contributed by atoms with Gasteiger partial charge in [-0.3, -0.25) is 0 Å². The third kappa shape index (κ3) is 2.96. The van der Waals surface area contributed by atoms with Gasteiger partial charge in [0.15, 0.2) is 0 Å². The molecule has 84 valence electrons. The van der Waals surface area contributed by atoms with E-state index < -0.39 is 0 Å². The molecule has 0 aromatic heterocycles. The second kappa shape index (κ2) is 5.72. The molecule has 2 fully saturated rings. The van der Waals surface area contributed by atoms with E-state index in [4.69, 9.17) is 9.47 Å². The average Bonchev–Trinajstić information content (AvgIpc) is 2.21. The Morgan fingerprint density at radius 3 is 2.29 bits per heavy atom. The molecule has 0 aromatic carbocycles. The lowest BCUT2D eigenvalue weighted by atomic mass is 9.82. The first-order valence-corrected chi connectivity index (χ1v) is 6.02. The molecule has 1 atom stereocenters. The minimum absolute atomic E-state index is 0.204. The molecule has 0 N–H and O–H groups in total. The van der Waals surface area contributed by atoms with E-state index in [9.17, 15) is 0 Å². The van der Waals surface area contributed by atoms with Crippen molar-refractivity contribution in [3.8, 4) is 0 Å². The molecule has 0 aromatic rings. The van der Waals surface area contributed by atoms with Crippen molar-refractivity contribution < 1.29 is 9.47 Å². The SMILES string of the molecule is CC.CC1CCOC2(CCOCC2)C1. The van der Waals surface area contributed by atoms with Crippen LogP contribution in [0.1, 0.15) is 46.5 Å². The van der Waals surface area contributed by atoms with Gasteiger partial charge in [0.2, 0.25) is 0 Å². The van der Waals surface area contributed by atoms with E-state index in [1.54, 1.807) is 0 Å². The molecule has 2 aliphatic heterocycles. The van der Waals surface area contributed by atoms with Crippen LogP contribution in [0.5, 0.6) is 0 Å². The van der Waals surface area contributed by atoms with Gasteiger partial charge in [0.1, 0.15) is 0 Å². The standard InChI is InChI=1S/C10H18O2.C2H6/c1-9-2-5-12-10(8-9)3-6-11-7-4-10;1-2/h9H,2-8H2,1H3;1-2H3. The number of ether oxygens (including phenoxy) is 2. The highest BCUT2D eigenvalue weighted by atomic mass is 16.5. The summed E-state index contributed by atoms with van der Waals surface area (Å²) < 4.78 is 11.2. The molecular formula is C12H24O2. The molecule has 1 unspecified atom stereocenters. The lowest BCUT2D eigenvalue weighted by molar-refractivity contribution is -0.144. The number of hydrogen-bond donors (Lipinski definition) is 0. The molecule has 2 heterocycles. The molecule has 2 heteroatoms. The van der Waals surface area contributed by atoms with Crippen molar-refractivity contribution >= 4 is 0 Å². The van der Waals surface area contributed by atoms with Crippen molar-refractivity contribution in [2.75, 3.05) is 19.8 Å². The normalized spacial score (nSPS) is 30.6. The Morgan fingerprint density at radius 2 is 1.71 bits per heavy atom. The van der Waals surface area contributed by atoms with Crippen LogP contribution in [0.25, 0.3) is 0 Å². The number of hydrogen-bond acceptors (Lipinski definition) is 2. The first kappa shape index (κ1) is 12.0. The Labute approximate surface area is 88.0 Å². The molecule has 0 aliphatic carbocycles. The summed E-state index contributed by atoms with van der Waals surface area (Å²) in [6.07, 6.45) is 4.70. The van der Waals surface area contributed by atoms with E-state index >= 15 is 0 Å². The molecule has 0 bridgehead atoms. The Hall–Kier alpha value is -0.0800. The molecule has 2 nitrogen and oxygen atoms in total. The third-order valence-electron chi connectivity index (χ3n) is 3.14. The van der Waals surface area contributed by atoms with Crippen molar-refractivity contribution in [2.24, 2.45) is 5.92 Å². The van der Waals surface area contributed by atoms with Crippen molar-refractivity contribution in [1.82, 2.24) is 0 Å². The zero-order valence-corrected chi connectivity index (χ0v) is 9.84. The maximum Gasteiger partial charge on any atom is 0.0728 e. The summed E-state index contributed by atoms with van der Waals surface area (Å²) >= 11 is 0. The van der Waals surface area contributed by atoms with Crippen molar-refractivity contribution in [3.63, 3.8) is 0 Å². The smallest absolute Gasteiger partial charge is 0.0728 e. The van der Waals surface area contributed by atoms with Crippen molar-refractivity contribution in [1.29, 1.82) is 0 Å². The molecule has 1 spiro atoms. The van der Waals surface area contributed by atoms with E-state index in [0.29, 0.717) is 0 Å². The quantitative estimate of drug-likeness (QED) is 0.598. The lowest BCUT2D eigenvalue weighted by Gasteiger charge is -2.42. The second-order valence-electron chi connectivity index (χ2n) is 4.24. The summed E-state index contributed by atoms with van der Waals surface area (Å²) in [5.74, 6) is 0.844. The van der Waals surface area contributed by atoms with Gasteiger partial charge in [0.05, 0.1) is 5.60 Å². The van der Waals surface area contributed by atoms with Crippen LogP contribution in [0.3, 0.4) is 0 Å². The van der Waals surface area contributed by atoms with Crippen molar-refractivity contribution in [3.05, 3.63) is 0 Å². The van der Waals surface area contributed by atoms with Gasteiger partial charge < -0.3 is 9.47 Å². The van der Waals surface area contributed by atoms with Gasteiger partial charge in [-0.05, 0) is 31.6 Å². The number of rotatable bonds is 0. The maximum absolute atomic E-state index is 5.90. The molecule has 2 aliphatic rings. The van der Waals surface area contributed by atoms with Crippen LogP contribution in [0.2, 0.25) is 0 Å². The zero-order valence-electron chi connectivity index (χ0n) is 9.84. The fourth-order valence-electron chi connectivity index (χ4n) is 2.36. The van der Waals surface area contributed by atoms with Gasteiger partial charge in [-0.15, -0.1) is 0 Å². The van der Waals surface area contributed by atoms with Gasteiger partial charge in [-0.1, -0.05) is 20.8 Å². The van der Waals surface area contributed by atoms with Gasteiger partial charge in [0.25, 0.3) is 0 Å². The summed E-state index contributed by atoms with van der Waals surface area (Å²) in [4.78, 5) is 0. The lowest BCUT2D eigenvalue weighted by Crippen LogP contribution is -2.43. The Bertz CT molecular complexity index is 145. The minimum Gasteiger partial charge on any atom is -0.381 e. The molecular weight excluding hydrogens is 176 g/mol. The Morgan fingerprint density at radius 1 is 1.07 bits per heavy atom. The largest absolute Gasteiger partial charge is 0.381 e. The molecule has 0 saturated carbocycles.